The fourth-order valence-electron chi connectivity index (χ4n) is 2.10. The van der Waals surface area contributed by atoms with E-state index in [0.717, 1.165) is 5.39 Å². The Balaban J connectivity index is 2.20. The molecular formula is C13H9NO4S2. The van der Waals surface area contributed by atoms with E-state index in [9.17, 15) is 18.0 Å². The van der Waals surface area contributed by atoms with Crippen molar-refractivity contribution < 1.29 is 18.0 Å². The Kier molecular flexibility index (Phi) is 3.02. The van der Waals surface area contributed by atoms with Crippen molar-refractivity contribution in [1.82, 2.24) is 5.32 Å². The van der Waals surface area contributed by atoms with Gasteiger partial charge in [-0.25, -0.2) is 8.42 Å². The molecule has 1 heterocycles. The van der Waals surface area contributed by atoms with E-state index in [1.165, 1.54) is 6.07 Å². The summed E-state index contributed by atoms with van der Waals surface area (Å²) in [6, 6.07) is 11.9. The van der Waals surface area contributed by atoms with Crippen LogP contribution in [0.4, 0.5) is 4.79 Å². The van der Waals surface area contributed by atoms with Gasteiger partial charge in [-0.05, 0) is 23.2 Å². The molecule has 102 valence electrons. The van der Waals surface area contributed by atoms with Gasteiger partial charge in [0.25, 0.3) is 11.1 Å². The van der Waals surface area contributed by atoms with Gasteiger partial charge in [-0.1, -0.05) is 36.4 Å². The number of rotatable bonds is 2. The van der Waals surface area contributed by atoms with Crippen LogP contribution in [-0.2, 0) is 14.6 Å². The molecule has 0 saturated carbocycles. The van der Waals surface area contributed by atoms with Crippen molar-refractivity contribution in [3.63, 3.8) is 0 Å². The summed E-state index contributed by atoms with van der Waals surface area (Å²) in [7, 11) is -3.92. The Morgan fingerprint density at radius 2 is 1.70 bits per heavy atom. The zero-order valence-electron chi connectivity index (χ0n) is 10.1. The molecule has 0 aliphatic carbocycles. The summed E-state index contributed by atoms with van der Waals surface area (Å²) < 4.78 is 23.7. The second-order valence-electron chi connectivity index (χ2n) is 4.25. The van der Waals surface area contributed by atoms with Crippen molar-refractivity contribution in [2.75, 3.05) is 0 Å². The highest BCUT2D eigenvalue weighted by Gasteiger charge is 2.43. The number of carbonyl (C=O) groups excluding carboxylic acids is 2. The largest absolute Gasteiger partial charge is 0.287 e. The average molecular weight is 307 g/mol. The molecular weight excluding hydrogens is 298 g/mol. The number of nitrogens with one attached hydrogen (secondary N) is 1. The normalized spacial score (nSPS) is 19.3. The molecule has 1 saturated heterocycles. The first kappa shape index (κ1) is 13.1. The molecule has 1 unspecified atom stereocenters. The van der Waals surface area contributed by atoms with Crippen molar-refractivity contribution >= 4 is 43.5 Å². The summed E-state index contributed by atoms with van der Waals surface area (Å²) in [5, 5.41) is 2.67. The molecule has 1 N–H and O–H groups in total. The molecule has 7 heteroatoms. The SMILES string of the molecule is O=C1NC(=O)C(S(=O)(=O)c2cccc3ccccc23)S1. The monoisotopic (exact) mass is 307 g/mol. The first-order chi connectivity index (χ1) is 9.50. The number of hydrogen-bond acceptors (Lipinski definition) is 5. The molecule has 20 heavy (non-hydrogen) atoms. The van der Waals surface area contributed by atoms with Gasteiger partial charge in [-0.15, -0.1) is 0 Å². The lowest BCUT2D eigenvalue weighted by atomic mass is 10.1. The minimum Gasteiger partial charge on any atom is -0.285 e. The van der Waals surface area contributed by atoms with E-state index in [1.54, 1.807) is 36.4 Å². The number of carbonyl (C=O) groups is 2. The predicted octanol–water partition coefficient (Wildman–Crippen LogP) is 1.92. The topological polar surface area (TPSA) is 80.3 Å². The Morgan fingerprint density at radius 1 is 1.00 bits per heavy atom. The van der Waals surface area contributed by atoms with Gasteiger partial charge in [0.05, 0.1) is 4.90 Å². The second kappa shape index (κ2) is 4.60. The van der Waals surface area contributed by atoms with Crippen LogP contribution in [0.2, 0.25) is 0 Å². The number of fused-ring (bicyclic) bond motifs is 1. The molecule has 0 bridgehead atoms. The predicted molar refractivity (Wildman–Crippen MR) is 76.1 cm³/mol. The standard InChI is InChI=1S/C13H9NO4S2/c15-11-12(19-13(16)14-11)20(17,18)10-7-3-5-8-4-1-2-6-9(8)10/h1-7,12H,(H,14,15,16). The summed E-state index contributed by atoms with van der Waals surface area (Å²) in [6.45, 7) is 0. The first-order valence-corrected chi connectivity index (χ1v) is 8.16. The fraction of sp³-hybridized carbons (Fsp3) is 0.0769. The number of imide groups is 1. The molecule has 1 atom stereocenters. The molecule has 2 aromatic rings. The number of amides is 2. The highest BCUT2D eigenvalue weighted by Crippen LogP contribution is 2.32. The maximum absolute atomic E-state index is 12.6. The molecule has 2 aromatic carbocycles. The lowest BCUT2D eigenvalue weighted by molar-refractivity contribution is -0.117. The summed E-state index contributed by atoms with van der Waals surface area (Å²) in [6.07, 6.45) is 0. The summed E-state index contributed by atoms with van der Waals surface area (Å²) in [4.78, 5) is 22.8. The van der Waals surface area contributed by atoms with E-state index in [4.69, 9.17) is 0 Å². The zero-order chi connectivity index (χ0) is 14.3. The van der Waals surface area contributed by atoms with Gasteiger partial charge in [0.15, 0.2) is 4.58 Å². The van der Waals surface area contributed by atoms with Crippen LogP contribution >= 0.6 is 11.8 Å². The molecule has 2 amide bonds. The first-order valence-electron chi connectivity index (χ1n) is 5.73. The van der Waals surface area contributed by atoms with E-state index in [-0.39, 0.29) is 4.90 Å². The summed E-state index contributed by atoms with van der Waals surface area (Å²) >= 11 is 0.496. The van der Waals surface area contributed by atoms with Crippen LogP contribution in [0.25, 0.3) is 10.8 Å². The van der Waals surface area contributed by atoms with Gasteiger partial charge in [-0.3, -0.25) is 14.9 Å². The molecule has 1 aliphatic rings. The third-order valence-electron chi connectivity index (χ3n) is 2.99. The van der Waals surface area contributed by atoms with Crippen LogP contribution in [0, 0.1) is 0 Å². The molecule has 0 aromatic heterocycles. The minimum absolute atomic E-state index is 0.0675. The number of thioether (sulfide) groups is 1. The summed E-state index contributed by atoms with van der Waals surface area (Å²) in [5.41, 5.74) is 0. The van der Waals surface area contributed by atoms with Crippen LogP contribution in [0.3, 0.4) is 0 Å². The smallest absolute Gasteiger partial charge is 0.285 e. The lowest BCUT2D eigenvalue weighted by Crippen LogP contribution is -2.30. The zero-order valence-corrected chi connectivity index (χ0v) is 11.7. The van der Waals surface area contributed by atoms with E-state index in [0.29, 0.717) is 17.1 Å². The third-order valence-corrected chi connectivity index (χ3v) is 6.53. The molecule has 5 nitrogen and oxygen atoms in total. The number of benzene rings is 2. The second-order valence-corrected chi connectivity index (χ2v) is 7.63. The summed E-state index contributed by atoms with van der Waals surface area (Å²) in [5.74, 6) is -0.784. The Morgan fingerprint density at radius 3 is 2.40 bits per heavy atom. The molecule has 3 rings (SSSR count). The maximum Gasteiger partial charge on any atom is 0.287 e. The molecule has 1 fully saturated rings. The lowest BCUT2D eigenvalue weighted by Gasteiger charge is -2.10. The third kappa shape index (κ3) is 1.99. The van der Waals surface area contributed by atoms with Gasteiger partial charge in [-0.2, -0.15) is 0 Å². The van der Waals surface area contributed by atoms with Gasteiger partial charge >= 0.3 is 0 Å². The highest BCUT2D eigenvalue weighted by molar-refractivity contribution is 8.24. The Bertz CT molecular complexity index is 824. The van der Waals surface area contributed by atoms with Crippen molar-refractivity contribution in [2.24, 2.45) is 0 Å². The van der Waals surface area contributed by atoms with Crippen LogP contribution < -0.4 is 5.32 Å². The van der Waals surface area contributed by atoms with Crippen LogP contribution in [0.1, 0.15) is 0 Å². The van der Waals surface area contributed by atoms with Crippen molar-refractivity contribution in [2.45, 2.75) is 9.48 Å². The quantitative estimate of drug-likeness (QED) is 0.917. The van der Waals surface area contributed by atoms with Gasteiger partial charge in [0, 0.05) is 5.39 Å². The molecule has 0 spiro atoms. The fourth-order valence-corrected chi connectivity index (χ4v) is 5.03. The van der Waals surface area contributed by atoms with Crippen LogP contribution in [0.5, 0.6) is 0 Å². The van der Waals surface area contributed by atoms with E-state index in [1.807, 2.05) is 5.32 Å². The van der Waals surface area contributed by atoms with Crippen LogP contribution in [-0.4, -0.2) is 24.1 Å². The van der Waals surface area contributed by atoms with E-state index in [2.05, 4.69) is 0 Å². The number of sulfone groups is 1. The maximum atomic E-state index is 12.6. The van der Waals surface area contributed by atoms with Crippen molar-refractivity contribution in [3.8, 4) is 0 Å². The van der Waals surface area contributed by atoms with Gasteiger partial charge in [0.2, 0.25) is 9.84 Å². The Labute approximate surface area is 119 Å². The molecule has 0 radical (unpaired) electrons. The molecule has 1 aliphatic heterocycles. The average Bonchev–Trinajstić information content (AvgIpc) is 2.78. The van der Waals surface area contributed by atoms with E-state index >= 15 is 0 Å². The van der Waals surface area contributed by atoms with Crippen LogP contribution in [0.15, 0.2) is 47.4 Å². The van der Waals surface area contributed by atoms with Crippen molar-refractivity contribution in [3.05, 3.63) is 42.5 Å². The van der Waals surface area contributed by atoms with Gasteiger partial charge in [0.1, 0.15) is 0 Å². The Hall–Kier alpha value is -1.86. The van der Waals surface area contributed by atoms with Gasteiger partial charge < -0.3 is 0 Å². The van der Waals surface area contributed by atoms with Crippen molar-refractivity contribution in [1.29, 1.82) is 0 Å². The number of hydrogen-bond donors (Lipinski definition) is 1. The van der Waals surface area contributed by atoms with E-state index < -0.39 is 25.6 Å². The minimum atomic E-state index is -3.92. The highest BCUT2D eigenvalue weighted by atomic mass is 32.3.